The Labute approximate surface area is 785 Å². The van der Waals surface area contributed by atoms with Crippen molar-refractivity contribution in [1.29, 1.82) is 0 Å². The highest BCUT2D eigenvalue weighted by atomic mass is 16.1. The fourth-order valence-electron chi connectivity index (χ4n) is 17.7. The van der Waals surface area contributed by atoms with Crippen molar-refractivity contribution in [3.63, 3.8) is 0 Å². The molecule has 0 heterocycles. The van der Waals surface area contributed by atoms with Gasteiger partial charge >= 0.3 is 0 Å². The molecule has 0 aromatic heterocycles. The Morgan fingerprint density at radius 2 is 0.515 bits per heavy atom. The molecule has 0 aliphatic carbocycles. The van der Waals surface area contributed by atoms with E-state index >= 15 is 0 Å². The predicted octanol–water partition coefficient (Wildman–Crippen LogP) is 37.4. The second-order valence-electron chi connectivity index (χ2n) is 35.6. The van der Waals surface area contributed by atoms with E-state index in [9.17, 15) is 4.79 Å². The summed E-state index contributed by atoms with van der Waals surface area (Å²) in [6, 6.07) is 109. The predicted molar refractivity (Wildman–Crippen MR) is 570 cm³/mol. The van der Waals surface area contributed by atoms with E-state index in [-0.39, 0.29) is 14.9 Å². The third-order valence-corrected chi connectivity index (χ3v) is 25.4. The molecule has 0 unspecified atom stereocenters. The van der Waals surface area contributed by atoms with Crippen molar-refractivity contribution in [2.75, 3.05) is 0 Å². The molecule has 14 aromatic carbocycles. The second-order valence-corrected chi connectivity index (χ2v) is 35.6. The van der Waals surface area contributed by atoms with Gasteiger partial charge in [-0.15, -0.1) is 5.92 Å². The highest BCUT2D eigenvalue weighted by molar-refractivity contribution is 6.04. The molecule has 1 nitrogen and oxygen atoms in total. The lowest BCUT2D eigenvalue weighted by molar-refractivity contribution is 0.112. The molecule has 14 rings (SSSR count). The van der Waals surface area contributed by atoms with Gasteiger partial charge in [0.1, 0.15) is 0 Å². The summed E-state index contributed by atoms with van der Waals surface area (Å²) < 4.78 is 0. The zero-order valence-corrected chi connectivity index (χ0v) is 78.4. The third-order valence-electron chi connectivity index (χ3n) is 25.4. The summed E-state index contributed by atoms with van der Waals surface area (Å²) in [5.41, 5.74) is 32.4. The Kier molecular flexibility index (Phi) is 42.4. The summed E-state index contributed by atoms with van der Waals surface area (Å²) in [6.07, 6.45) is 42.9. The number of rotatable bonds is 40. The van der Waals surface area contributed by atoms with E-state index in [2.05, 4.69) is 327 Å². The van der Waals surface area contributed by atoms with E-state index in [1.165, 1.54) is 307 Å². The van der Waals surface area contributed by atoms with Crippen LogP contribution in [0.5, 0.6) is 0 Å². The van der Waals surface area contributed by atoms with Crippen LogP contribution in [0.4, 0.5) is 0 Å². The average Bonchev–Trinajstić information content (AvgIpc) is 0.739. The van der Waals surface area contributed by atoms with Gasteiger partial charge in [0.05, 0.1) is 0 Å². The molecule has 0 radical (unpaired) electrons. The Bertz CT molecular complexity index is 5960. The van der Waals surface area contributed by atoms with Gasteiger partial charge in [-0.2, -0.15) is 0 Å². The van der Waals surface area contributed by atoms with Crippen LogP contribution in [0.2, 0.25) is 0 Å². The lowest BCUT2D eigenvalue weighted by Crippen LogP contribution is -1.96. The fourth-order valence-corrected chi connectivity index (χ4v) is 17.7. The molecule has 0 atom stereocenters. The van der Waals surface area contributed by atoms with Crippen LogP contribution in [0.25, 0.3) is 99.4 Å². The van der Waals surface area contributed by atoms with E-state index in [4.69, 9.17) is 0 Å². The molecule has 0 N–H and O–H groups in total. The minimum atomic E-state index is 0. The molecule has 0 saturated heterocycles. The van der Waals surface area contributed by atoms with Crippen LogP contribution in [0.15, 0.2) is 297 Å². The van der Waals surface area contributed by atoms with Gasteiger partial charge in [0.25, 0.3) is 0 Å². The normalized spacial score (nSPS) is 10.7. The van der Waals surface area contributed by atoms with Crippen LogP contribution in [-0.4, -0.2) is 6.29 Å². The standard InChI is InChI=1S/C64H70.C48H58.C15H10O.2CH4/c1-5-7-9-11-13-15-17-23-49-31-37-52(38-32-49)60-46-64(62-44-57-28-22-21-27-56(57)43-59(62)51-35-29-47(3)30-36-51)61(45-63(60)58-42-55-26-20-19-25-54(55)41-48(58)4)53-39-33-50(34-40-53)24-18-16-14-12-10-8-6-2;1-5-8-10-12-14-16-18-21-40-27-32-43(33-28-40)47-38-46(36-31-42-25-23-39(4)24-26-42)48(37-45(47)20-7-3)44-34-29-41(30-35-44)22-19-17-15-13-11-9-6-2;16-12-15-9-5-4-8-14(15)11-10-13-6-2-1-3-7-13;;/h19-22,25-46H,5-18,23-24H2,1-4H3;23-30,32-35,37-38H,5-6,8-19,21-22H2,1-4H3;1-9,12H;2*1H4. The van der Waals surface area contributed by atoms with Crippen LogP contribution >= 0.6 is 0 Å². The first-order chi connectivity index (χ1) is 63.0. The molecule has 0 saturated carbocycles. The quantitative estimate of drug-likeness (QED) is 0.0213. The Hall–Kier alpha value is -12.1. The smallest absolute Gasteiger partial charge is 0.151 e. The SMILES string of the molecule is C.C.CC#Cc1cc(-c2ccc(CCCCCCCCC)cc2)c(C#Cc2ccc(C)cc2)cc1-c1ccc(CCCCCCCCC)cc1.CCCCCCCCCc1ccc(-c2cc(-c3cc4ccccc4cc3-c3ccc(C)cc3)c(-c3ccc(CCCCCCCCC)cc3)cc2-c2cc3ccccc3cc2C)cc1.O=Cc1ccccc1C#Cc1ccccc1. The van der Waals surface area contributed by atoms with Crippen LogP contribution in [0.1, 0.15) is 306 Å². The van der Waals surface area contributed by atoms with Gasteiger partial charge in [0.2, 0.25) is 0 Å². The number of carbonyl (C=O) groups is 1. The maximum Gasteiger partial charge on any atom is 0.151 e. The molecule has 0 bridgehead atoms. The van der Waals surface area contributed by atoms with Gasteiger partial charge in [-0.1, -0.05) is 462 Å². The highest BCUT2D eigenvalue weighted by Gasteiger charge is 2.22. The molecule has 0 amide bonds. The minimum Gasteiger partial charge on any atom is -0.298 e. The number of hydrogen-bond acceptors (Lipinski definition) is 1. The summed E-state index contributed by atoms with van der Waals surface area (Å²) in [6.45, 7) is 17.7. The summed E-state index contributed by atoms with van der Waals surface area (Å²) in [7, 11) is 0. The summed E-state index contributed by atoms with van der Waals surface area (Å²) in [5.74, 6) is 19.7. The van der Waals surface area contributed by atoms with Crippen molar-refractivity contribution >= 4 is 27.8 Å². The molecule has 130 heavy (non-hydrogen) atoms. The summed E-state index contributed by atoms with van der Waals surface area (Å²) in [4.78, 5) is 10.8. The topological polar surface area (TPSA) is 17.1 Å². The third kappa shape index (κ3) is 30.5. The molecule has 668 valence electrons. The van der Waals surface area contributed by atoms with Gasteiger partial charge in [-0.25, -0.2) is 0 Å². The van der Waals surface area contributed by atoms with E-state index in [1.54, 1.807) is 6.07 Å². The fraction of sp³-hybridized carbons (Fsp3) is 0.326. The van der Waals surface area contributed by atoms with Gasteiger partial charge in [0, 0.05) is 33.4 Å². The number of unbranched alkanes of at least 4 members (excludes halogenated alkanes) is 24. The van der Waals surface area contributed by atoms with Crippen LogP contribution in [0, 0.1) is 56.3 Å². The molecule has 0 fully saturated rings. The zero-order chi connectivity index (χ0) is 89.1. The highest BCUT2D eigenvalue weighted by Crippen LogP contribution is 2.48. The van der Waals surface area contributed by atoms with Gasteiger partial charge in [-0.05, 0) is 279 Å². The van der Waals surface area contributed by atoms with Crippen molar-refractivity contribution in [1.82, 2.24) is 0 Å². The van der Waals surface area contributed by atoms with Crippen LogP contribution in [-0.2, 0) is 25.7 Å². The first-order valence-electron chi connectivity index (χ1n) is 49.0. The molecule has 1 heteroatoms. The van der Waals surface area contributed by atoms with Crippen molar-refractivity contribution in [2.24, 2.45) is 0 Å². The number of fused-ring (bicyclic) bond motifs is 2. The van der Waals surface area contributed by atoms with E-state index in [0.717, 1.165) is 70.9 Å². The van der Waals surface area contributed by atoms with Crippen LogP contribution in [0.3, 0.4) is 0 Å². The van der Waals surface area contributed by atoms with Crippen molar-refractivity contribution in [2.45, 2.75) is 276 Å². The van der Waals surface area contributed by atoms with Gasteiger partial charge in [0.15, 0.2) is 6.29 Å². The van der Waals surface area contributed by atoms with E-state index in [0.29, 0.717) is 5.56 Å². The maximum atomic E-state index is 10.8. The van der Waals surface area contributed by atoms with Gasteiger partial charge < -0.3 is 0 Å². The lowest BCUT2D eigenvalue weighted by Gasteiger charge is -2.22. The maximum absolute atomic E-state index is 10.8. The number of aldehydes is 1. The number of hydrogen-bond donors (Lipinski definition) is 0. The Balaban J connectivity index is 0.000000233. The molecule has 0 aliphatic heterocycles. The summed E-state index contributed by atoms with van der Waals surface area (Å²) >= 11 is 0. The van der Waals surface area contributed by atoms with Crippen molar-refractivity contribution in [3.05, 3.63) is 370 Å². The Morgan fingerprint density at radius 3 is 0.908 bits per heavy atom. The number of benzene rings is 14. The lowest BCUT2D eigenvalue weighted by atomic mass is 9.81. The monoisotopic (exact) mass is 1710 g/mol. The molecule has 0 aliphatic rings. The van der Waals surface area contributed by atoms with Crippen molar-refractivity contribution < 1.29 is 4.79 Å². The first kappa shape index (κ1) is 100. The van der Waals surface area contributed by atoms with Gasteiger partial charge in [-0.3, -0.25) is 4.79 Å². The largest absolute Gasteiger partial charge is 0.298 e. The molecular formula is C129H146O. The molecule has 14 aromatic rings. The molecular weight excluding hydrogens is 1570 g/mol. The van der Waals surface area contributed by atoms with E-state index < -0.39 is 0 Å². The average molecular weight is 1710 g/mol. The minimum absolute atomic E-state index is 0. The first-order valence-corrected chi connectivity index (χ1v) is 49.0. The second kappa shape index (κ2) is 55.1. The number of aryl methyl sites for hydroxylation is 7. The Morgan fingerprint density at radius 1 is 0.231 bits per heavy atom. The number of carbonyl (C=O) groups excluding carboxylic acids is 1. The zero-order valence-electron chi connectivity index (χ0n) is 78.4. The van der Waals surface area contributed by atoms with Crippen LogP contribution < -0.4 is 0 Å². The molecule has 0 spiro atoms. The summed E-state index contributed by atoms with van der Waals surface area (Å²) in [5, 5.41) is 5.08. The van der Waals surface area contributed by atoms with E-state index in [1.807, 2.05) is 55.5 Å². The van der Waals surface area contributed by atoms with Crippen molar-refractivity contribution in [3.8, 4) is 113 Å².